The van der Waals surface area contributed by atoms with Crippen molar-refractivity contribution in [1.29, 1.82) is 0 Å². The molecule has 5 nitrogen and oxygen atoms in total. The van der Waals surface area contributed by atoms with E-state index >= 15 is 0 Å². The minimum atomic E-state index is -0.912. The van der Waals surface area contributed by atoms with Crippen molar-refractivity contribution in [3.8, 4) is 11.3 Å². The number of rotatable bonds is 2. The first-order chi connectivity index (χ1) is 10.1. The Balaban J connectivity index is 1.78. The lowest BCUT2D eigenvalue weighted by atomic mass is 9.98. The first-order valence-corrected chi connectivity index (χ1v) is 6.83. The molecule has 21 heavy (non-hydrogen) atoms. The average molecular weight is 290 g/mol. The molecule has 0 bridgehead atoms. The Labute approximate surface area is 121 Å². The highest BCUT2D eigenvalue weighted by Crippen LogP contribution is 2.29. The van der Waals surface area contributed by atoms with Gasteiger partial charge < -0.3 is 14.4 Å². The van der Waals surface area contributed by atoms with Gasteiger partial charge in [-0.05, 0) is 37.1 Å². The van der Waals surface area contributed by atoms with Crippen LogP contribution in [0.15, 0.2) is 34.9 Å². The molecule has 6 heteroatoms. The molecule has 1 aliphatic rings. The van der Waals surface area contributed by atoms with E-state index in [0.29, 0.717) is 24.7 Å². The SMILES string of the molecule is O=C(O)N1CCCC(c2ncc(-c3ccc(F)cc3)o2)C1. The maximum atomic E-state index is 12.9. The summed E-state index contributed by atoms with van der Waals surface area (Å²) >= 11 is 0. The number of likely N-dealkylation sites (tertiary alicyclic amines) is 1. The topological polar surface area (TPSA) is 66.6 Å². The summed E-state index contributed by atoms with van der Waals surface area (Å²) in [6, 6.07) is 5.99. The summed E-state index contributed by atoms with van der Waals surface area (Å²) in [5, 5.41) is 9.05. The van der Waals surface area contributed by atoms with E-state index in [1.165, 1.54) is 17.0 Å². The molecule has 1 unspecified atom stereocenters. The highest BCUT2D eigenvalue weighted by atomic mass is 19.1. The number of amides is 1. The number of oxazole rings is 1. The second kappa shape index (κ2) is 5.55. The van der Waals surface area contributed by atoms with Crippen LogP contribution in [0.2, 0.25) is 0 Å². The molecule has 110 valence electrons. The van der Waals surface area contributed by atoms with Crippen LogP contribution in [-0.2, 0) is 0 Å². The molecule has 1 amide bonds. The van der Waals surface area contributed by atoms with Crippen LogP contribution in [0.5, 0.6) is 0 Å². The molecule has 1 fully saturated rings. The van der Waals surface area contributed by atoms with E-state index < -0.39 is 6.09 Å². The van der Waals surface area contributed by atoms with E-state index in [0.717, 1.165) is 18.4 Å². The van der Waals surface area contributed by atoms with E-state index in [-0.39, 0.29) is 11.7 Å². The zero-order valence-corrected chi connectivity index (χ0v) is 11.3. The Kier molecular flexibility index (Phi) is 3.60. The third-order valence-electron chi connectivity index (χ3n) is 3.69. The summed E-state index contributed by atoms with van der Waals surface area (Å²) in [4.78, 5) is 16.7. The Morgan fingerprint density at radius 2 is 2.14 bits per heavy atom. The Hall–Kier alpha value is -2.37. The van der Waals surface area contributed by atoms with Gasteiger partial charge in [-0.3, -0.25) is 0 Å². The number of nitrogens with zero attached hydrogens (tertiary/aromatic N) is 2. The second-order valence-corrected chi connectivity index (χ2v) is 5.14. The van der Waals surface area contributed by atoms with Gasteiger partial charge in [0, 0.05) is 18.7 Å². The highest BCUT2D eigenvalue weighted by molar-refractivity contribution is 5.65. The summed E-state index contributed by atoms with van der Waals surface area (Å²) < 4.78 is 18.6. The van der Waals surface area contributed by atoms with Crippen LogP contribution in [0, 0.1) is 5.82 Å². The molecule has 3 rings (SSSR count). The molecule has 0 radical (unpaired) electrons. The van der Waals surface area contributed by atoms with Gasteiger partial charge in [-0.15, -0.1) is 0 Å². The number of aromatic nitrogens is 1. The normalized spacial score (nSPS) is 18.7. The molecule has 0 aliphatic carbocycles. The van der Waals surface area contributed by atoms with Gasteiger partial charge in [0.05, 0.1) is 12.1 Å². The molecule has 0 spiro atoms. The van der Waals surface area contributed by atoms with Crippen molar-refractivity contribution in [2.45, 2.75) is 18.8 Å². The van der Waals surface area contributed by atoms with Gasteiger partial charge in [0.2, 0.25) is 0 Å². The number of benzene rings is 1. The standard InChI is InChI=1S/C15H15FN2O3/c16-12-5-3-10(4-6-12)13-8-17-14(21-13)11-2-1-7-18(9-11)15(19)20/h3-6,8,11H,1-2,7,9H2,(H,19,20). The summed E-state index contributed by atoms with van der Waals surface area (Å²) in [7, 11) is 0. The van der Waals surface area contributed by atoms with Gasteiger partial charge in [-0.2, -0.15) is 0 Å². The van der Waals surface area contributed by atoms with Crippen LogP contribution >= 0.6 is 0 Å². The van der Waals surface area contributed by atoms with Crippen LogP contribution in [0.4, 0.5) is 9.18 Å². The molecule has 1 aromatic heterocycles. The zero-order valence-electron chi connectivity index (χ0n) is 11.3. The van der Waals surface area contributed by atoms with Crippen molar-refractivity contribution >= 4 is 6.09 Å². The van der Waals surface area contributed by atoms with Gasteiger partial charge in [-0.25, -0.2) is 14.2 Å². The molecule has 1 atom stereocenters. The molecule has 2 aromatic rings. The molecule has 1 saturated heterocycles. The van der Waals surface area contributed by atoms with Crippen molar-refractivity contribution < 1.29 is 18.7 Å². The smallest absolute Gasteiger partial charge is 0.407 e. The minimum Gasteiger partial charge on any atom is -0.465 e. The number of carboxylic acid groups (broad SMARTS) is 1. The largest absolute Gasteiger partial charge is 0.465 e. The predicted octanol–water partition coefficient (Wildman–Crippen LogP) is 3.34. The fourth-order valence-corrected chi connectivity index (χ4v) is 2.58. The number of carbonyl (C=O) groups is 1. The lowest BCUT2D eigenvalue weighted by Crippen LogP contribution is -2.38. The van der Waals surface area contributed by atoms with Crippen molar-refractivity contribution in [3.05, 3.63) is 42.2 Å². The molecular weight excluding hydrogens is 275 g/mol. The van der Waals surface area contributed by atoms with Gasteiger partial charge in [0.15, 0.2) is 11.7 Å². The average Bonchev–Trinajstić information content (AvgIpc) is 2.98. The first kappa shape index (κ1) is 13.6. The third kappa shape index (κ3) is 2.89. The number of hydrogen-bond donors (Lipinski definition) is 1. The van der Waals surface area contributed by atoms with Crippen LogP contribution < -0.4 is 0 Å². The Morgan fingerprint density at radius 3 is 2.86 bits per heavy atom. The van der Waals surface area contributed by atoms with E-state index in [1.54, 1.807) is 18.3 Å². The van der Waals surface area contributed by atoms with E-state index in [2.05, 4.69) is 4.98 Å². The van der Waals surface area contributed by atoms with Crippen LogP contribution in [0.25, 0.3) is 11.3 Å². The van der Waals surface area contributed by atoms with E-state index in [1.807, 2.05) is 0 Å². The first-order valence-electron chi connectivity index (χ1n) is 6.83. The van der Waals surface area contributed by atoms with Crippen LogP contribution in [-0.4, -0.2) is 34.2 Å². The molecule has 1 aromatic carbocycles. The quantitative estimate of drug-likeness (QED) is 0.921. The Morgan fingerprint density at radius 1 is 1.38 bits per heavy atom. The van der Waals surface area contributed by atoms with Crippen molar-refractivity contribution in [2.75, 3.05) is 13.1 Å². The number of piperidine rings is 1. The van der Waals surface area contributed by atoms with E-state index in [9.17, 15) is 9.18 Å². The van der Waals surface area contributed by atoms with Crippen LogP contribution in [0.3, 0.4) is 0 Å². The monoisotopic (exact) mass is 290 g/mol. The fourth-order valence-electron chi connectivity index (χ4n) is 2.58. The minimum absolute atomic E-state index is 0.0240. The third-order valence-corrected chi connectivity index (χ3v) is 3.69. The highest BCUT2D eigenvalue weighted by Gasteiger charge is 2.27. The number of halogens is 1. The van der Waals surface area contributed by atoms with Crippen molar-refractivity contribution in [1.82, 2.24) is 9.88 Å². The summed E-state index contributed by atoms with van der Waals surface area (Å²) in [6.07, 6.45) is 2.34. The van der Waals surface area contributed by atoms with Gasteiger partial charge in [0.25, 0.3) is 0 Å². The maximum Gasteiger partial charge on any atom is 0.407 e. The molecule has 1 aliphatic heterocycles. The van der Waals surface area contributed by atoms with E-state index in [4.69, 9.17) is 9.52 Å². The number of hydrogen-bond acceptors (Lipinski definition) is 3. The van der Waals surface area contributed by atoms with Crippen LogP contribution in [0.1, 0.15) is 24.7 Å². The second-order valence-electron chi connectivity index (χ2n) is 5.14. The van der Waals surface area contributed by atoms with Gasteiger partial charge in [-0.1, -0.05) is 0 Å². The Bertz CT molecular complexity index is 639. The van der Waals surface area contributed by atoms with Crippen molar-refractivity contribution in [3.63, 3.8) is 0 Å². The molecule has 0 saturated carbocycles. The molecule has 1 N–H and O–H groups in total. The lowest BCUT2D eigenvalue weighted by Gasteiger charge is -2.28. The predicted molar refractivity (Wildman–Crippen MR) is 73.5 cm³/mol. The van der Waals surface area contributed by atoms with Gasteiger partial charge in [0.1, 0.15) is 5.82 Å². The lowest BCUT2D eigenvalue weighted by molar-refractivity contribution is 0.127. The molecular formula is C15H15FN2O3. The maximum absolute atomic E-state index is 12.9. The molecule has 2 heterocycles. The summed E-state index contributed by atoms with van der Waals surface area (Å²) in [5.74, 6) is 0.782. The summed E-state index contributed by atoms with van der Waals surface area (Å²) in [5.41, 5.74) is 0.751. The van der Waals surface area contributed by atoms with Gasteiger partial charge >= 0.3 is 6.09 Å². The fraction of sp³-hybridized carbons (Fsp3) is 0.333. The van der Waals surface area contributed by atoms with Crippen molar-refractivity contribution in [2.24, 2.45) is 0 Å². The zero-order chi connectivity index (χ0) is 14.8. The summed E-state index contributed by atoms with van der Waals surface area (Å²) in [6.45, 7) is 0.954.